The lowest BCUT2D eigenvalue weighted by Gasteiger charge is -2.17. The molecule has 1 heteroatoms. The molecule has 0 spiro atoms. The molecule has 2 atom stereocenters. The second kappa shape index (κ2) is 7.89. The van der Waals surface area contributed by atoms with Crippen molar-refractivity contribution in [3.63, 3.8) is 0 Å². The van der Waals surface area contributed by atoms with Crippen molar-refractivity contribution >= 4 is 0 Å². The monoisotopic (exact) mass is 223 g/mol. The van der Waals surface area contributed by atoms with Crippen molar-refractivity contribution in [2.45, 2.75) is 77.7 Å². The smallest absolute Gasteiger partial charge is 0.00735 e. The van der Waals surface area contributed by atoms with Gasteiger partial charge in [0.2, 0.25) is 0 Å². The fourth-order valence-electron chi connectivity index (χ4n) is 2.63. The van der Waals surface area contributed by atoms with Crippen LogP contribution in [0.25, 0.3) is 0 Å². The van der Waals surface area contributed by atoms with E-state index in [2.05, 4.69) is 19.9 Å². The molecule has 0 bridgehead atoms. The molecule has 0 aliphatic heterocycles. The predicted molar refractivity (Wildman–Crippen MR) is 72.4 cm³/mol. The lowest BCUT2D eigenvalue weighted by Crippen LogP contribution is -2.19. The average molecular weight is 223 g/mol. The summed E-state index contributed by atoms with van der Waals surface area (Å²) in [5.41, 5.74) is 7.66. The van der Waals surface area contributed by atoms with Gasteiger partial charge in [0.15, 0.2) is 0 Å². The molecule has 2 unspecified atom stereocenters. The minimum absolute atomic E-state index is 0.395. The van der Waals surface area contributed by atoms with Crippen molar-refractivity contribution in [1.82, 2.24) is 0 Å². The Balaban J connectivity index is 2.44. The van der Waals surface area contributed by atoms with Crippen LogP contribution in [0.1, 0.15) is 71.6 Å². The molecule has 0 aromatic carbocycles. The largest absolute Gasteiger partial charge is 0.327 e. The van der Waals surface area contributed by atoms with Crippen molar-refractivity contribution in [2.24, 2.45) is 11.7 Å². The maximum Gasteiger partial charge on any atom is 0.00735 e. The molecule has 0 heterocycles. The van der Waals surface area contributed by atoms with Gasteiger partial charge in [-0.05, 0) is 38.5 Å². The van der Waals surface area contributed by atoms with E-state index < -0.39 is 0 Å². The van der Waals surface area contributed by atoms with Crippen LogP contribution < -0.4 is 5.73 Å². The van der Waals surface area contributed by atoms with Crippen LogP contribution in [-0.4, -0.2) is 6.04 Å². The summed E-state index contributed by atoms with van der Waals surface area (Å²) < 4.78 is 0. The molecule has 2 N–H and O–H groups in total. The first kappa shape index (κ1) is 13.8. The van der Waals surface area contributed by atoms with Crippen molar-refractivity contribution in [1.29, 1.82) is 0 Å². The second-order valence-electron chi connectivity index (χ2n) is 5.50. The summed E-state index contributed by atoms with van der Waals surface area (Å²) in [6.45, 7) is 4.59. The Labute approximate surface area is 101 Å². The van der Waals surface area contributed by atoms with Crippen LogP contribution in [-0.2, 0) is 0 Å². The third-order valence-electron chi connectivity index (χ3n) is 3.97. The first-order valence-corrected chi connectivity index (χ1v) is 7.13. The average Bonchev–Trinajstić information content (AvgIpc) is 2.28. The first-order chi connectivity index (χ1) is 7.72. The summed E-state index contributed by atoms with van der Waals surface area (Å²) in [4.78, 5) is 0. The van der Waals surface area contributed by atoms with Crippen LogP contribution >= 0.6 is 0 Å². The second-order valence-corrected chi connectivity index (χ2v) is 5.50. The van der Waals surface area contributed by atoms with Crippen LogP contribution in [0.3, 0.4) is 0 Å². The van der Waals surface area contributed by atoms with Gasteiger partial charge in [-0.1, -0.05) is 50.7 Å². The minimum atomic E-state index is 0.395. The number of allylic oxidation sites excluding steroid dienone is 1. The first-order valence-electron chi connectivity index (χ1n) is 7.13. The molecule has 0 aromatic heterocycles. The van der Waals surface area contributed by atoms with Crippen molar-refractivity contribution in [2.75, 3.05) is 0 Å². The molecular weight excluding hydrogens is 194 g/mol. The van der Waals surface area contributed by atoms with Gasteiger partial charge in [-0.3, -0.25) is 0 Å². The fourth-order valence-corrected chi connectivity index (χ4v) is 2.63. The van der Waals surface area contributed by atoms with Crippen LogP contribution in [0.15, 0.2) is 11.6 Å². The molecule has 16 heavy (non-hydrogen) atoms. The molecule has 1 rings (SSSR count). The third-order valence-corrected chi connectivity index (χ3v) is 3.97. The lowest BCUT2D eigenvalue weighted by molar-refractivity contribution is 0.390. The molecule has 0 amide bonds. The Bertz CT molecular complexity index is 207. The standard InChI is InChI=1S/C15H29N/c1-3-14-8-5-4-7-13(2)11-12-15(16)10-6-9-14/h11,14-15H,3-10,12,16H2,1-2H3/b13-11-. The number of hydrogen-bond donors (Lipinski definition) is 1. The molecular formula is C15H29N. The highest BCUT2D eigenvalue weighted by Crippen LogP contribution is 2.22. The Hall–Kier alpha value is -0.300. The molecule has 0 aromatic rings. The van der Waals surface area contributed by atoms with Gasteiger partial charge in [-0.2, -0.15) is 0 Å². The minimum Gasteiger partial charge on any atom is -0.327 e. The van der Waals surface area contributed by atoms with Gasteiger partial charge < -0.3 is 5.73 Å². The van der Waals surface area contributed by atoms with Crippen molar-refractivity contribution in [3.8, 4) is 0 Å². The van der Waals surface area contributed by atoms with E-state index in [4.69, 9.17) is 5.73 Å². The van der Waals surface area contributed by atoms with Gasteiger partial charge in [-0.15, -0.1) is 0 Å². The molecule has 94 valence electrons. The van der Waals surface area contributed by atoms with E-state index in [1.165, 1.54) is 51.4 Å². The number of hydrogen-bond acceptors (Lipinski definition) is 1. The van der Waals surface area contributed by atoms with E-state index in [9.17, 15) is 0 Å². The quantitative estimate of drug-likeness (QED) is 0.654. The van der Waals surface area contributed by atoms with E-state index in [1.807, 2.05) is 0 Å². The zero-order chi connectivity index (χ0) is 11.8. The summed E-state index contributed by atoms with van der Waals surface area (Å²) in [5, 5.41) is 0. The van der Waals surface area contributed by atoms with Gasteiger partial charge in [0.25, 0.3) is 0 Å². The number of nitrogens with two attached hydrogens (primary N) is 1. The van der Waals surface area contributed by atoms with Crippen molar-refractivity contribution in [3.05, 3.63) is 11.6 Å². The van der Waals surface area contributed by atoms with E-state index in [1.54, 1.807) is 5.57 Å². The Morgan fingerprint density at radius 2 is 1.94 bits per heavy atom. The van der Waals surface area contributed by atoms with Crippen LogP contribution in [0.4, 0.5) is 0 Å². The highest BCUT2D eigenvalue weighted by atomic mass is 14.6. The topological polar surface area (TPSA) is 26.0 Å². The molecule has 0 saturated heterocycles. The normalized spacial score (nSPS) is 33.3. The zero-order valence-corrected chi connectivity index (χ0v) is 11.2. The van der Waals surface area contributed by atoms with Gasteiger partial charge >= 0.3 is 0 Å². The van der Waals surface area contributed by atoms with Gasteiger partial charge in [0.05, 0.1) is 0 Å². The van der Waals surface area contributed by atoms with E-state index in [0.29, 0.717) is 6.04 Å². The summed E-state index contributed by atoms with van der Waals surface area (Å²) >= 11 is 0. The lowest BCUT2D eigenvalue weighted by atomic mass is 9.90. The van der Waals surface area contributed by atoms with E-state index in [-0.39, 0.29) is 0 Å². The van der Waals surface area contributed by atoms with Gasteiger partial charge in [-0.25, -0.2) is 0 Å². The highest BCUT2D eigenvalue weighted by molar-refractivity contribution is 4.99. The molecule has 1 aliphatic rings. The Morgan fingerprint density at radius 3 is 2.69 bits per heavy atom. The molecule has 0 radical (unpaired) electrons. The highest BCUT2D eigenvalue weighted by Gasteiger charge is 2.09. The summed E-state index contributed by atoms with van der Waals surface area (Å²) in [7, 11) is 0. The van der Waals surface area contributed by atoms with Crippen LogP contribution in [0.5, 0.6) is 0 Å². The molecule has 0 fully saturated rings. The van der Waals surface area contributed by atoms with Gasteiger partial charge in [0.1, 0.15) is 0 Å². The van der Waals surface area contributed by atoms with Crippen molar-refractivity contribution < 1.29 is 0 Å². The summed E-state index contributed by atoms with van der Waals surface area (Å²) in [5.74, 6) is 0.955. The summed E-state index contributed by atoms with van der Waals surface area (Å²) in [6.07, 6.45) is 14.2. The predicted octanol–water partition coefficient (Wildman–Crippen LogP) is 4.42. The molecule has 1 aliphatic carbocycles. The fraction of sp³-hybridized carbons (Fsp3) is 0.867. The maximum atomic E-state index is 6.12. The van der Waals surface area contributed by atoms with E-state index in [0.717, 1.165) is 12.3 Å². The zero-order valence-electron chi connectivity index (χ0n) is 11.2. The molecule has 0 saturated carbocycles. The SMILES string of the molecule is CCC1CCCC/C(C)=C\CC(N)CCC1. The van der Waals surface area contributed by atoms with Crippen LogP contribution in [0.2, 0.25) is 0 Å². The third kappa shape index (κ3) is 5.69. The maximum absolute atomic E-state index is 6.12. The van der Waals surface area contributed by atoms with Crippen LogP contribution in [0, 0.1) is 5.92 Å². The summed E-state index contributed by atoms with van der Waals surface area (Å²) in [6, 6.07) is 0.395. The molecule has 1 nitrogen and oxygen atoms in total. The van der Waals surface area contributed by atoms with E-state index >= 15 is 0 Å². The Morgan fingerprint density at radius 1 is 1.19 bits per heavy atom. The van der Waals surface area contributed by atoms with Gasteiger partial charge in [0, 0.05) is 6.04 Å². The number of rotatable bonds is 1. The Kier molecular flexibility index (Phi) is 6.79.